The molecule has 1 aromatic carbocycles. The molecule has 20 heavy (non-hydrogen) atoms. The first-order valence-corrected chi connectivity index (χ1v) is 6.67. The van der Waals surface area contributed by atoms with Crippen molar-refractivity contribution in [3.8, 4) is 5.75 Å². The normalized spacial score (nSPS) is 19.6. The Morgan fingerprint density at radius 1 is 1.45 bits per heavy atom. The van der Waals surface area contributed by atoms with E-state index >= 15 is 0 Å². The van der Waals surface area contributed by atoms with Gasteiger partial charge in [-0.1, -0.05) is 13.8 Å². The SMILES string of the molecule is CC(C)C(=O)NC1CC(C)(C)Oc2ccc(N)cc21.Cl. The lowest BCUT2D eigenvalue weighted by Crippen LogP contribution is -2.42. The average Bonchev–Trinajstić information content (AvgIpc) is 2.29. The second-order valence-electron chi connectivity index (χ2n) is 6.08. The predicted octanol–water partition coefficient (Wildman–Crippen LogP) is 3.07. The molecule has 0 radical (unpaired) electrons. The maximum atomic E-state index is 11.9. The number of amides is 1. The van der Waals surface area contributed by atoms with Crippen LogP contribution in [0.15, 0.2) is 18.2 Å². The summed E-state index contributed by atoms with van der Waals surface area (Å²) in [7, 11) is 0. The maximum absolute atomic E-state index is 11.9. The molecule has 0 spiro atoms. The van der Waals surface area contributed by atoms with Gasteiger partial charge in [0.05, 0.1) is 6.04 Å². The van der Waals surface area contributed by atoms with Crippen LogP contribution >= 0.6 is 12.4 Å². The Morgan fingerprint density at radius 3 is 2.70 bits per heavy atom. The van der Waals surface area contributed by atoms with Gasteiger partial charge in [0.25, 0.3) is 0 Å². The first kappa shape index (κ1) is 16.6. The molecule has 1 aliphatic heterocycles. The Kier molecular flexibility index (Phi) is 4.92. The molecular formula is C15H23ClN2O2. The van der Waals surface area contributed by atoms with Crippen LogP contribution in [-0.4, -0.2) is 11.5 Å². The Hall–Kier alpha value is -1.42. The summed E-state index contributed by atoms with van der Waals surface area (Å²) >= 11 is 0. The molecule has 1 unspecified atom stereocenters. The number of benzene rings is 1. The Morgan fingerprint density at radius 2 is 2.10 bits per heavy atom. The predicted molar refractivity (Wildman–Crippen MR) is 83.1 cm³/mol. The Balaban J connectivity index is 0.00000200. The number of rotatable bonds is 2. The molecule has 0 saturated carbocycles. The van der Waals surface area contributed by atoms with Crippen molar-refractivity contribution < 1.29 is 9.53 Å². The van der Waals surface area contributed by atoms with Crippen LogP contribution in [0.1, 0.15) is 45.7 Å². The zero-order valence-electron chi connectivity index (χ0n) is 12.4. The molecule has 1 aliphatic rings. The highest BCUT2D eigenvalue weighted by Crippen LogP contribution is 2.40. The van der Waals surface area contributed by atoms with Crippen LogP contribution < -0.4 is 15.8 Å². The van der Waals surface area contributed by atoms with Gasteiger partial charge in [0.1, 0.15) is 11.4 Å². The van der Waals surface area contributed by atoms with E-state index in [4.69, 9.17) is 10.5 Å². The number of carbonyl (C=O) groups excluding carboxylic acids is 1. The number of hydrogen-bond acceptors (Lipinski definition) is 3. The van der Waals surface area contributed by atoms with Gasteiger partial charge in [-0.25, -0.2) is 0 Å². The number of halogens is 1. The van der Waals surface area contributed by atoms with Gasteiger partial charge in [0.15, 0.2) is 0 Å². The smallest absolute Gasteiger partial charge is 0.223 e. The molecule has 1 aromatic rings. The number of anilines is 1. The second-order valence-corrected chi connectivity index (χ2v) is 6.08. The molecule has 0 saturated heterocycles. The fourth-order valence-electron chi connectivity index (χ4n) is 2.34. The van der Waals surface area contributed by atoms with E-state index in [9.17, 15) is 4.79 Å². The van der Waals surface area contributed by atoms with E-state index in [1.54, 1.807) is 0 Å². The molecule has 3 N–H and O–H groups in total. The van der Waals surface area contributed by atoms with Crippen LogP contribution in [0.5, 0.6) is 5.75 Å². The van der Waals surface area contributed by atoms with E-state index in [0.29, 0.717) is 5.69 Å². The minimum atomic E-state index is -0.294. The van der Waals surface area contributed by atoms with Gasteiger partial charge in [-0.15, -0.1) is 12.4 Å². The van der Waals surface area contributed by atoms with Gasteiger partial charge in [-0.05, 0) is 32.0 Å². The molecule has 5 heteroatoms. The van der Waals surface area contributed by atoms with Crippen molar-refractivity contribution in [2.45, 2.75) is 45.8 Å². The number of ether oxygens (including phenoxy) is 1. The summed E-state index contributed by atoms with van der Waals surface area (Å²) in [6.07, 6.45) is 0.738. The zero-order valence-corrected chi connectivity index (χ0v) is 13.2. The van der Waals surface area contributed by atoms with E-state index in [1.807, 2.05) is 45.9 Å². The molecular weight excluding hydrogens is 276 g/mol. The fraction of sp³-hybridized carbons (Fsp3) is 0.533. The van der Waals surface area contributed by atoms with E-state index in [2.05, 4.69) is 5.32 Å². The van der Waals surface area contributed by atoms with Gasteiger partial charge in [0.2, 0.25) is 5.91 Å². The second kappa shape index (κ2) is 5.92. The Bertz CT molecular complexity index is 501. The van der Waals surface area contributed by atoms with E-state index in [-0.39, 0.29) is 35.9 Å². The summed E-state index contributed by atoms with van der Waals surface area (Å²) in [6.45, 7) is 7.84. The minimum absolute atomic E-state index is 0. The molecule has 1 heterocycles. The van der Waals surface area contributed by atoms with Crippen molar-refractivity contribution in [2.75, 3.05) is 5.73 Å². The molecule has 4 nitrogen and oxygen atoms in total. The molecule has 0 bridgehead atoms. The number of fused-ring (bicyclic) bond motifs is 1. The van der Waals surface area contributed by atoms with Crippen molar-refractivity contribution in [1.82, 2.24) is 5.32 Å². The van der Waals surface area contributed by atoms with Crippen molar-refractivity contribution in [3.63, 3.8) is 0 Å². The number of hydrogen-bond donors (Lipinski definition) is 2. The number of nitrogens with two attached hydrogens (primary N) is 1. The monoisotopic (exact) mass is 298 g/mol. The summed E-state index contributed by atoms with van der Waals surface area (Å²) < 4.78 is 5.94. The zero-order chi connectivity index (χ0) is 14.2. The first-order valence-electron chi connectivity index (χ1n) is 6.67. The highest BCUT2D eigenvalue weighted by Gasteiger charge is 2.34. The van der Waals surface area contributed by atoms with Crippen molar-refractivity contribution in [3.05, 3.63) is 23.8 Å². The van der Waals surface area contributed by atoms with Crippen molar-refractivity contribution in [2.24, 2.45) is 5.92 Å². The molecule has 2 rings (SSSR count). The topological polar surface area (TPSA) is 64.3 Å². The Labute approximate surface area is 126 Å². The van der Waals surface area contributed by atoms with Crippen LogP contribution in [0.25, 0.3) is 0 Å². The molecule has 0 aromatic heterocycles. The van der Waals surface area contributed by atoms with Gasteiger partial charge in [-0.3, -0.25) is 4.79 Å². The number of nitrogen functional groups attached to an aromatic ring is 1. The molecule has 1 amide bonds. The minimum Gasteiger partial charge on any atom is -0.487 e. The average molecular weight is 299 g/mol. The maximum Gasteiger partial charge on any atom is 0.223 e. The summed E-state index contributed by atoms with van der Waals surface area (Å²) in [5.41, 5.74) is 7.19. The van der Waals surface area contributed by atoms with Crippen molar-refractivity contribution >= 4 is 24.0 Å². The third kappa shape index (κ3) is 3.57. The lowest BCUT2D eigenvalue weighted by Gasteiger charge is -2.38. The van der Waals surface area contributed by atoms with Crippen LogP contribution in [0, 0.1) is 5.92 Å². The van der Waals surface area contributed by atoms with Gasteiger partial charge in [-0.2, -0.15) is 0 Å². The molecule has 1 atom stereocenters. The van der Waals surface area contributed by atoms with Crippen molar-refractivity contribution in [1.29, 1.82) is 0 Å². The standard InChI is InChI=1S/C15H22N2O2.ClH/c1-9(2)14(18)17-12-8-15(3,4)19-13-6-5-10(16)7-11(12)13;/h5-7,9,12H,8,16H2,1-4H3,(H,17,18);1H. The molecule has 0 aliphatic carbocycles. The highest BCUT2D eigenvalue weighted by molar-refractivity contribution is 5.85. The van der Waals surface area contributed by atoms with E-state index < -0.39 is 0 Å². The third-order valence-corrected chi connectivity index (χ3v) is 3.33. The summed E-state index contributed by atoms with van der Waals surface area (Å²) in [4.78, 5) is 11.9. The summed E-state index contributed by atoms with van der Waals surface area (Å²) in [6, 6.07) is 5.54. The van der Waals surface area contributed by atoms with Crippen LogP contribution in [0.3, 0.4) is 0 Å². The fourth-order valence-corrected chi connectivity index (χ4v) is 2.34. The summed E-state index contributed by atoms with van der Waals surface area (Å²) in [5, 5.41) is 3.08. The molecule has 112 valence electrons. The van der Waals surface area contributed by atoms with Crippen LogP contribution in [-0.2, 0) is 4.79 Å². The quantitative estimate of drug-likeness (QED) is 0.825. The van der Waals surface area contributed by atoms with Crippen LogP contribution in [0.2, 0.25) is 0 Å². The summed E-state index contributed by atoms with van der Waals surface area (Å²) in [5.74, 6) is 0.825. The number of nitrogens with one attached hydrogen (secondary N) is 1. The largest absolute Gasteiger partial charge is 0.487 e. The number of carbonyl (C=O) groups is 1. The highest BCUT2D eigenvalue weighted by atomic mass is 35.5. The third-order valence-electron chi connectivity index (χ3n) is 3.33. The van der Waals surface area contributed by atoms with Crippen LogP contribution in [0.4, 0.5) is 5.69 Å². The molecule has 0 fully saturated rings. The van der Waals surface area contributed by atoms with Gasteiger partial charge in [0, 0.05) is 23.6 Å². The lowest BCUT2D eigenvalue weighted by atomic mass is 9.89. The van der Waals surface area contributed by atoms with Gasteiger partial charge >= 0.3 is 0 Å². The van der Waals surface area contributed by atoms with E-state index in [0.717, 1.165) is 17.7 Å². The lowest BCUT2D eigenvalue weighted by molar-refractivity contribution is -0.125. The van der Waals surface area contributed by atoms with Gasteiger partial charge < -0.3 is 15.8 Å². The van der Waals surface area contributed by atoms with E-state index in [1.165, 1.54) is 0 Å². The first-order chi connectivity index (χ1) is 8.78.